The van der Waals surface area contributed by atoms with Gasteiger partial charge in [0.25, 0.3) is 5.91 Å². The second-order valence-corrected chi connectivity index (χ2v) is 7.81. The van der Waals surface area contributed by atoms with Gasteiger partial charge in [0.2, 0.25) is 5.91 Å². The van der Waals surface area contributed by atoms with Crippen LogP contribution in [-0.2, 0) is 11.2 Å². The fourth-order valence-corrected chi connectivity index (χ4v) is 3.98. The Morgan fingerprint density at radius 1 is 0.963 bits per heavy atom. The van der Waals surface area contributed by atoms with Gasteiger partial charge >= 0.3 is 0 Å². The molecule has 2 unspecified atom stereocenters. The summed E-state index contributed by atoms with van der Waals surface area (Å²) >= 11 is 1.65. The highest BCUT2D eigenvalue weighted by atomic mass is 32.1. The summed E-state index contributed by atoms with van der Waals surface area (Å²) in [6.07, 6.45) is 0.929. The smallest absolute Gasteiger partial charge is 0.251 e. The van der Waals surface area contributed by atoms with Gasteiger partial charge in [0, 0.05) is 30.5 Å². The minimum Gasteiger partial charge on any atom is -0.353 e. The van der Waals surface area contributed by atoms with Crippen molar-refractivity contribution in [2.24, 2.45) is 0 Å². The molecule has 6 heteroatoms. The SMILES string of the molecule is CC(Cc1nc2ccccc2s1)NC(=O)CC(C)NC(=O)c1ccccc1. The van der Waals surface area contributed by atoms with Crippen LogP contribution in [0.15, 0.2) is 54.6 Å². The fraction of sp³-hybridized carbons (Fsp3) is 0.286. The zero-order valence-corrected chi connectivity index (χ0v) is 16.3. The summed E-state index contributed by atoms with van der Waals surface area (Å²) in [5.41, 5.74) is 1.59. The zero-order chi connectivity index (χ0) is 19.2. The molecule has 0 saturated carbocycles. The lowest BCUT2D eigenvalue weighted by atomic mass is 10.1. The first kappa shape index (κ1) is 19.0. The first-order valence-electron chi connectivity index (χ1n) is 9.01. The molecule has 3 aromatic rings. The minimum absolute atomic E-state index is 0.0184. The van der Waals surface area contributed by atoms with Crippen LogP contribution in [0.25, 0.3) is 10.2 Å². The number of nitrogens with one attached hydrogen (secondary N) is 2. The van der Waals surface area contributed by atoms with Crippen molar-refractivity contribution in [3.05, 3.63) is 65.2 Å². The van der Waals surface area contributed by atoms with E-state index >= 15 is 0 Å². The molecule has 2 N–H and O–H groups in total. The molecule has 5 nitrogen and oxygen atoms in total. The molecule has 0 fully saturated rings. The maximum Gasteiger partial charge on any atom is 0.251 e. The van der Waals surface area contributed by atoms with Crippen LogP contribution in [0.3, 0.4) is 0 Å². The van der Waals surface area contributed by atoms with Gasteiger partial charge in [0.1, 0.15) is 0 Å². The van der Waals surface area contributed by atoms with Gasteiger partial charge < -0.3 is 10.6 Å². The number of rotatable bonds is 7. The van der Waals surface area contributed by atoms with Gasteiger partial charge in [-0.05, 0) is 38.1 Å². The van der Waals surface area contributed by atoms with Gasteiger partial charge in [-0.3, -0.25) is 9.59 Å². The van der Waals surface area contributed by atoms with E-state index in [2.05, 4.69) is 21.7 Å². The highest BCUT2D eigenvalue weighted by Gasteiger charge is 2.16. The molecule has 27 heavy (non-hydrogen) atoms. The number of benzene rings is 2. The van der Waals surface area contributed by atoms with Gasteiger partial charge in [-0.25, -0.2) is 4.98 Å². The Labute approximate surface area is 162 Å². The summed E-state index contributed by atoms with van der Waals surface area (Å²) in [4.78, 5) is 29.0. The van der Waals surface area contributed by atoms with E-state index in [1.54, 1.807) is 23.5 Å². The predicted octanol–water partition coefficient (Wildman–Crippen LogP) is 3.55. The van der Waals surface area contributed by atoms with Crippen LogP contribution >= 0.6 is 11.3 Å². The highest BCUT2D eigenvalue weighted by molar-refractivity contribution is 7.18. The molecule has 0 radical (unpaired) electrons. The minimum atomic E-state index is -0.243. The van der Waals surface area contributed by atoms with Crippen LogP contribution in [0.5, 0.6) is 0 Å². The largest absolute Gasteiger partial charge is 0.353 e. The lowest BCUT2D eigenvalue weighted by molar-refractivity contribution is -0.122. The number of thiazole rings is 1. The summed E-state index contributed by atoms with van der Waals surface area (Å²) in [5.74, 6) is -0.247. The molecule has 140 valence electrons. The average molecular weight is 382 g/mol. The van der Waals surface area contributed by atoms with Gasteiger partial charge in [0.05, 0.1) is 15.2 Å². The van der Waals surface area contributed by atoms with Gasteiger partial charge in [-0.2, -0.15) is 0 Å². The first-order chi connectivity index (χ1) is 13.0. The molecule has 1 heterocycles. The van der Waals surface area contributed by atoms with Gasteiger partial charge in [-0.15, -0.1) is 11.3 Å². The number of amides is 2. The average Bonchev–Trinajstić information content (AvgIpc) is 3.03. The Hall–Kier alpha value is -2.73. The fourth-order valence-electron chi connectivity index (χ4n) is 2.88. The lowest BCUT2D eigenvalue weighted by Gasteiger charge is -2.16. The van der Waals surface area contributed by atoms with E-state index in [0.717, 1.165) is 15.2 Å². The molecule has 0 aliphatic heterocycles. The van der Waals surface area contributed by atoms with Crippen molar-refractivity contribution in [3.63, 3.8) is 0 Å². The topological polar surface area (TPSA) is 71.1 Å². The monoisotopic (exact) mass is 381 g/mol. The number of hydrogen-bond donors (Lipinski definition) is 2. The second-order valence-electron chi connectivity index (χ2n) is 6.69. The van der Waals surface area contributed by atoms with Crippen LogP contribution < -0.4 is 10.6 Å². The molecule has 0 bridgehead atoms. The van der Waals surface area contributed by atoms with Crippen LogP contribution in [0.2, 0.25) is 0 Å². The van der Waals surface area contributed by atoms with Crippen molar-refractivity contribution < 1.29 is 9.59 Å². The van der Waals surface area contributed by atoms with Crippen molar-refractivity contribution in [1.29, 1.82) is 0 Å². The van der Waals surface area contributed by atoms with E-state index in [-0.39, 0.29) is 30.3 Å². The number of carbonyl (C=O) groups excluding carboxylic acids is 2. The number of aromatic nitrogens is 1. The van der Waals surface area contributed by atoms with Crippen molar-refractivity contribution >= 4 is 33.4 Å². The maximum absolute atomic E-state index is 12.3. The number of nitrogens with zero attached hydrogens (tertiary/aromatic N) is 1. The molecular weight excluding hydrogens is 358 g/mol. The molecule has 0 saturated heterocycles. The van der Waals surface area contributed by atoms with E-state index in [4.69, 9.17) is 0 Å². The van der Waals surface area contributed by atoms with Crippen LogP contribution in [0, 0.1) is 0 Å². The van der Waals surface area contributed by atoms with Gasteiger partial charge in [0.15, 0.2) is 0 Å². The van der Waals surface area contributed by atoms with E-state index in [1.807, 2.05) is 50.2 Å². The molecule has 0 aliphatic carbocycles. The van der Waals surface area contributed by atoms with Crippen molar-refractivity contribution in [3.8, 4) is 0 Å². The zero-order valence-electron chi connectivity index (χ0n) is 15.4. The third-order valence-electron chi connectivity index (χ3n) is 4.13. The number of fused-ring (bicyclic) bond motifs is 1. The summed E-state index contributed by atoms with van der Waals surface area (Å²) in [6, 6.07) is 16.8. The summed E-state index contributed by atoms with van der Waals surface area (Å²) < 4.78 is 1.16. The second kappa shape index (κ2) is 8.77. The summed E-state index contributed by atoms with van der Waals surface area (Å²) in [6.45, 7) is 3.80. The highest BCUT2D eigenvalue weighted by Crippen LogP contribution is 2.22. The lowest BCUT2D eigenvalue weighted by Crippen LogP contribution is -2.40. The molecule has 2 amide bonds. The molecule has 0 aliphatic rings. The van der Waals surface area contributed by atoms with Crippen molar-refractivity contribution in [2.45, 2.75) is 38.8 Å². The van der Waals surface area contributed by atoms with Crippen LogP contribution in [-0.4, -0.2) is 28.9 Å². The van der Waals surface area contributed by atoms with Gasteiger partial charge in [-0.1, -0.05) is 30.3 Å². The molecule has 2 atom stereocenters. The van der Waals surface area contributed by atoms with E-state index in [9.17, 15) is 9.59 Å². The Balaban J connectivity index is 1.47. The first-order valence-corrected chi connectivity index (χ1v) is 9.82. The predicted molar refractivity (Wildman–Crippen MR) is 109 cm³/mol. The molecular formula is C21H23N3O2S. The Bertz CT molecular complexity index is 890. The molecule has 3 rings (SSSR count). The van der Waals surface area contributed by atoms with Crippen molar-refractivity contribution in [2.75, 3.05) is 0 Å². The number of para-hydroxylation sites is 1. The molecule has 2 aromatic carbocycles. The van der Waals surface area contributed by atoms with E-state index in [0.29, 0.717) is 12.0 Å². The third kappa shape index (κ3) is 5.37. The Morgan fingerprint density at radius 2 is 1.67 bits per heavy atom. The normalized spacial score (nSPS) is 13.1. The Kier molecular flexibility index (Phi) is 6.19. The van der Waals surface area contributed by atoms with E-state index in [1.165, 1.54) is 0 Å². The van der Waals surface area contributed by atoms with Crippen LogP contribution in [0.4, 0.5) is 0 Å². The number of hydrogen-bond acceptors (Lipinski definition) is 4. The standard InChI is InChI=1S/C21H23N3O2S/c1-14(23-21(26)16-8-4-3-5-9-16)12-19(25)22-15(2)13-20-24-17-10-6-7-11-18(17)27-20/h3-11,14-15H,12-13H2,1-2H3,(H,22,25)(H,23,26). The van der Waals surface area contributed by atoms with E-state index < -0.39 is 0 Å². The third-order valence-corrected chi connectivity index (χ3v) is 5.19. The quantitative estimate of drug-likeness (QED) is 0.657. The Morgan fingerprint density at radius 3 is 2.41 bits per heavy atom. The molecule has 1 aromatic heterocycles. The van der Waals surface area contributed by atoms with Crippen LogP contribution in [0.1, 0.15) is 35.6 Å². The summed E-state index contributed by atoms with van der Waals surface area (Å²) in [5, 5.41) is 6.86. The molecule has 0 spiro atoms. The summed E-state index contributed by atoms with van der Waals surface area (Å²) in [7, 11) is 0. The maximum atomic E-state index is 12.3. The van der Waals surface area contributed by atoms with Crippen molar-refractivity contribution in [1.82, 2.24) is 15.6 Å². The number of carbonyl (C=O) groups is 2.